The summed E-state index contributed by atoms with van der Waals surface area (Å²) in [5.74, 6) is 2.48. The van der Waals surface area contributed by atoms with E-state index >= 15 is 0 Å². The fraction of sp³-hybridized carbons (Fsp3) is 0.227. The molecule has 0 saturated heterocycles. The Kier molecular flexibility index (Phi) is 6.22. The van der Waals surface area contributed by atoms with E-state index in [1.54, 1.807) is 56.8 Å². The zero-order valence-electron chi connectivity index (χ0n) is 16.2. The molecule has 1 aromatic heterocycles. The average Bonchev–Trinajstić information content (AvgIpc) is 3.25. The van der Waals surface area contributed by atoms with Crippen molar-refractivity contribution in [3.05, 3.63) is 77.7 Å². The molecule has 0 atom stereocenters. The predicted molar refractivity (Wildman–Crippen MR) is 105 cm³/mol. The summed E-state index contributed by atoms with van der Waals surface area (Å²) >= 11 is 0. The minimum absolute atomic E-state index is 0.120. The number of ether oxygens (including phenoxy) is 3. The maximum absolute atomic E-state index is 13.2. The third-order valence-electron chi connectivity index (χ3n) is 4.35. The van der Waals surface area contributed by atoms with E-state index in [0.29, 0.717) is 41.7 Å². The van der Waals surface area contributed by atoms with Crippen LogP contribution in [0.25, 0.3) is 0 Å². The third-order valence-corrected chi connectivity index (χ3v) is 4.35. The van der Waals surface area contributed by atoms with Gasteiger partial charge in [0.2, 0.25) is 0 Å². The van der Waals surface area contributed by atoms with Crippen molar-refractivity contribution >= 4 is 5.91 Å². The Morgan fingerprint density at radius 3 is 2.39 bits per heavy atom. The maximum atomic E-state index is 13.2. The van der Waals surface area contributed by atoms with Crippen molar-refractivity contribution in [3.8, 4) is 17.2 Å². The van der Waals surface area contributed by atoms with E-state index in [0.717, 1.165) is 5.56 Å². The first-order chi connectivity index (χ1) is 13.6. The summed E-state index contributed by atoms with van der Waals surface area (Å²) in [6.45, 7) is 0.731. The van der Waals surface area contributed by atoms with Crippen LogP contribution in [0.4, 0.5) is 0 Å². The lowest BCUT2D eigenvalue weighted by atomic mass is 10.1. The molecular formula is C22H23NO5. The Balaban J connectivity index is 1.89. The standard InChI is InChI=1S/C22H23NO5/c1-25-18-7-4-6-17(13-18)22(24)23(15-19-8-5-11-28-19)14-16-9-10-20(26-2)21(12-16)27-3/h4-13H,14-15H2,1-3H3. The zero-order valence-corrected chi connectivity index (χ0v) is 16.2. The van der Waals surface area contributed by atoms with E-state index in [1.165, 1.54) is 0 Å². The molecule has 1 heterocycles. The van der Waals surface area contributed by atoms with Gasteiger partial charge < -0.3 is 23.5 Å². The number of benzene rings is 2. The number of carbonyl (C=O) groups excluding carboxylic acids is 1. The first-order valence-corrected chi connectivity index (χ1v) is 8.81. The number of hydrogen-bond donors (Lipinski definition) is 0. The van der Waals surface area contributed by atoms with Crippen LogP contribution in [0, 0.1) is 0 Å². The van der Waals surface area contributed by atoms with Crippen LogP contribution in [0.2, 0.25) is 0 Å². The van der Waals surface area contributed by atoms with E-state index < -0.39 is 0 Å². The molecule has 0 aliphatic heterocycles. The fourth-order valence-electron chi connectivity index (χ4n) is 2.93. The molecule has 6 nitrogen and oxygen atoms in total. The molecule has 2 aromatic carbocycles. The summed E-state index contributed by atoms with van der Waals surface area (Å²) in [5, 5.41) is 0. The van der Waals surface area contributed by atoms with E-state index in [4.69, 9.17) is 18.6 Å². The molecule has 0 spiro atoms. The van der Waals surface area contributed by atoms with Gasteiger partial charge in [0.1, 0.15) is 11.5 Å². The van der Waals surface area contributed by atoms with E-state index in [9.17, 15) is 4.79 Å². The van der Waals surface area contributed by atoms with E-state index in [1.807, 2.05) is 30.3 Å². The normalized spacial score (nSPS) is 10.4. The van der Waals surface area contributed by atoms with Crippen molar-refractivity contribution in [2.75, 3.05) is 21.3 Å². The molecule has 0 aliphatic carbocycles. The van der Waals surface area contributed by atoms with Gasteiger partial charge in [-0.15, -0.1) is 0 Å². The molecular weight excluding hydrogens is 358 g/mol. The van der Waals surface area contributed by atoms with Crippen LogP contribution in [-0.4, -0.2) is 32.1 Å². The largest absolute Gasteiger partial charge is 0.497 e. The Hall–Kier alpha value is -3.41. The predicted octanol–water partition coefficient (Wildman–Crippen LogP) is 4.15. The van der Waals surface area contributed by atoms with Crippen molar-refractivity contribution in [1.29, 1.82) is 0 Å². The third kappa shape index (κ3) is 4.46. The van der Waals surface area contributed by atoms with Crippen LogP contribution >= 0.6 is 0 Å². The highest BCUT2D eigenvalue weighted by Gasteiger charge is 2.19. The number of furan rings is 1. The topological polar surface area (TPSA) is 61.1 Å². The lowest BCUT2D eigenvalue weighted by Gasteiger charge is -2.23. The van der Waals surface area contributed by atoms with Gasteiger partial charge in [0.05, 0.1) is 34.1 Å². The molecule has 0 N–H and O–H groups in total. The van der Waals surface area contributed by atoms with Crippen molar-refractivity contribution in [2.24, 2.45) is 0 Å². The first kappa shape index (κ1) is 19.4. The molecule has 0 radical (unpaired) electrons. The fourth-order valence-corrected chi connectivity index (χ4v) is 2.93. The second-order valence-corrected chi connectivity index (χ2v) is 6.16. The maximum Gasteiger partial charge on any atom is 0.254 e. The molecule has 1 amide bonds. The Labute approximate surface area is 164 Å². The molecule has 3 rings (SSSR count). The summed E-state index contributed by atoms with van der Waals surface area (Å²) in [7, 11) is 4.75. The summed E-state index contributed by atoms with van der Waals surface area (Å²) < 4.78 is 21.4. The van der Waals surface area contributed by atoms with Gasteiger partial charge >= 0.3 is 0 Å². The lowest BCUT2D eigenvalue weighted by molar-refractivity contribution is 0.0717. The second-order valence-electron chi connectivity index (χ2n) is 6.16. The monoisotopic (exact) mass is 381 g/mol. The van der Waals surface area contributed by atoms with Gasteiger partial charge in [-0.05, 0) is 48.0 Å². The number of rotatable bonds is 8. The Morgan fingerprint density at radius 1 is 0.893 bits per heavy atom. The molecule has 0 bridgehead atoms. The molecule has 0 fully saturated rings. The van der Waals surface area contributed by atoms with Crippen molar-refractivity contribution in [2.45, 2.75) is 13.1 Å². The number of amides is 1. The highest BCUT2D eigenvalue weighted by Crippen LogP contribution is 2.28. The van der Waals surface area contributed by atoms with Crippen LogP contribution in [-0.2, 0) is 13.1 Å². The van der Waals surface area contributed by atoms with Gasteiger partial charge in [-0.2, -0.15) is 0 Å². The molecule has 0 aliphatic rings. The SMILES string of the molecule is COc1cccc(C(=O)N(Cc2ccc(OC)c(OC)c2)Cc2ccco2)c1. The van der Waals surface area contributed by atoms with E-state index in [2.05, 4.69) is 0 Å². The van der Waals surface area contributed by atoms with Crippen LogP contribution in [0.3, 0.4) is 0 Å². The second kappa shape index (κ2) is 8.99. The smallest absolute Gasteiger partial charge is 0.254 e. The summed E-state index contributed by atoms with van der Waals surface area (Å²) in [5.41, 5.74) is 1.46. The number of carbonyl (C=O) groups is 1. The number of methoxy groups -OCH3 is 3. The van der Waals surface area contributed by atoms with Gasteiger partial charge in [-0.1, -0.05) is 12.1 Å². The van der Waals surface area contributed by atoms with Crippen molar-refractivity contribution < 1.29 is 23.4 Å². The van der Waals surface area contributed by atoms with Gasteiger partial charge in [0.25, 0.3) is 5.91 Å². The molecule has 28 heavy (non-hydrogen) atoms. The molecule has 6 heteroatoms. The molecule has 146 valence electrons. The van der Waals surface area contributed by atoms with Crippen molar-refractivity contribution in [3.63, 3.8) is 0 Å². The lowest BCUT2D eigenvalue weighted by Crippen LogP contribution is -2.30. The first-order valence-electron chi connectivity index (χ1n) is 8.81. The average molecular weight is 381 g/mol. The number of nitrogens with zero attached hydrogens (tertiary/aromatic N) is 1. The van der Waals surface area contributed by atoms with Gasteiger partial charge in [-0.25, -0.2) is 0 Å². The summed E-state index contributed by atoms with van der Waals surface area (Å²) in [4.78, 5) is 14.9. The molecule has 0 unspecified atom stereocenters. The quantitative estimate of drug-likeness (QED) is 0.587. The zero-order chi connectivity index (χ0) is 19.9. The molecule has 3 aromatic rings. The van der Waals surface area contributed by atoms with Crippen molar-refractivity contribution in [1.82, 2.24) is 4.90 Å². The Bertz CT molecular complexity index is 920. The van der Waals surface area contributed by atoms with Gasteiger partial charge in [0, 0.05) is 12.1 Å². The van der Waals surface area contributed by atoms with Gasteiger partial charge in [0.15, 0.2) is 11.5 Å². The van der Waals surface area contributed by atoms with Crippen LogP contribution in [0.1, 0.15) is 21.7 Å². The minimum Gasteiger partial charge on any atom is -0.497 e. The van der Waals surface area contributed by atoms with Crippen LogP contribution in [0.5, 0.6) is 17.2 Å². The number of hydrogen-bond acceptors (Lipinski definition) is 5. The highest BCUT2D eigenvalue weighted by atomic mass is 16.5. The summed E-state index contributed by atoms with van der Waals surface area (Å²) in [6, 6.07) is 16.4. The highest BCUT2D eigenvalue weighted by molar-refractivity contribution is 5.94. The van der Waals surface area contributed by atoms with Gasteiger partial charge in [-0.3, -0.25) is 4.79 Å². The van der Waals surface area contributed by atoms with Crippen LogP contribution < -0.4 is 14.2 Å². The van der Waals surface area contributed by atoms with E-state index in [-0.39, 0.29) is 5.91 Å². The molecule has 0 saturated carbocycles. The Morgan fingerprint density at radius 2 is 1.71 bits per heavy atom. The van der Waals surface area contributed by atoms with Crippen LogP contribution in [0.15, 0.2) is 65.3 Å². The summed E-state index contributed by atoms with van der Waals surface area (Å²) in [6.07, 6.45) is 1.60. The minimum atomic E-state index is -0.120.